The van der Waals surface area contributed by atoms with Crippen LogP contribution in [0, 0.1) is 6.58 Å². The first-order valence-electron chi connectivity index (χ1n) is 5.85. The number of allylic oxidation sites excluding steroid dienone is 1. The lowest BCUT2D eigenvalue weighted by Crippen LogP contribution is -1.81. The van der Waals surface area contributed by atoms with Crippen molar-refractivity contribution in [2.24, 2.45) is 0 Å². The monoisotopic (exact) mass is 181 g/mol. The third-order valence-electron chi connectivity index (χ3n) is 2.42. The number of rotatable bonds is 9. The first-order chi connectivity index (χ1) is 6.27. The molecule has 0 rings (SSSR count). The molecule has 0 aliphatic rings. The zero-order chi connectivity index (χ0) is 9.94. The molecule has 0 nitrogen and oxygen atoms in total. The van der Waals surface area contributed by atoms with Gasteiger partial charge in [-0.05, 0) is 19.8 Å². The molecule has 0 saturated carbocycles. The molecule has 0 aliphatic carbocycles. The summed E-state index contributed by atoms with van der Waals surface area (Å²) in [5.41, 5.74) is 1.09. The Balaban J connectivity index is 2.87. The third kappa shape index (κ3) is 11.7. The minimum atomic E-state index is 1.09. The second kappa shape index (κ2) is 9.83. The van der Waals surface area contributed by atoms with E-state index in [9.17, 15) is 0 Å². The van der Waals surface area contributed by atoms with Gasteiger partial charge in [-0.3, -0.25) is 0 Å². The maximum Gasteiger partial charge on any atom is -0.0320 e. The summed E-state index contributed by atoms with van der Waals surface area (Å²) in [6, 6.07) is 0. The molecule has 0 aromatic carbocycles. The SMILES string of the molecule is [CH]=C(C)CCCCCCCCCC. The summed E-state index contributed by atoms with van der Waals surface area (Å²) >= 11 is 0. The largest absolute Gasteiger partial charge is 0.0733 e. The normalized spacial score (nSPS) is 10.3. The van der Waals surface area contributed by atoms with E-state index in [0.29, 0.717) is 0 Å². The Morgan fingerprint density at radius 3 is 1.77 bits per heavy atom. The molecule has 0 saturated heterocycles. The van der Waals surface area contributed by atoms with Crippen molar-refractivity contribution in [2.45, 2.75) is 71.6 Å². The van der Waals surface area contributed by atoms with Crippen LogP contribution >= 0.6 is 0 Å². The van der Waals surface area contributed by atoms with Crippen LogP contribution in [0.15, 0.2) is 5.57 Å². The van der Waals surface area contributed by atoms with E-state index in [2.05, 4.69) is 6.92 Å². The molecule has 0 atom stereocenters. The van der Waals surface area contributed by atoms with Crippen molar-refractivity contribution in [3.63, 3.8) is 0 Å². The zero-order valence-electron chi connectivity index (χ0n) is 9.44. The Kier molecular flexibility index (Phi) is 9.63. The van der Waals surface area contributed by atoms with E-state index in [1.165, 1.54) is 51.4 Å². The van der Waals surface area contributed by atoms with Gasteiger partial charge in [-0.25, -0.2) is 0 Å². The maximum absolute atomic E-state index is 5.59. The average molecular weight is 181 g/mol. The molecule has 0 heteroatoms. The fourth-order valence-electron chi connectivity index (χ4n) is 1.54. The van der Waals surface area contributed by atoms with Crippen LogP contribution < -0.4 is 0 Å². The molecule has 13 heavy (non-hydrogen) atoms. The second-order valence-electron chi connectivity index (χ2n) is 4.07. The molecule has 0 fully saturated rings. The molecular weight excluding hydrogens is 156 g/mol. The Hall–Kier alpha value is -0.260. The summed E-state index contributed by atoms with van der Waals surface area (Å²) in [7, 11) is 0. The number of unbranched alkanes of at least 4 members (excludes halogenated alkanes) is 7. The summed E-state index contributed by atoms with van der Waals surface area (Å²) in [6.07, 6.45) is 12.2. The molecule has 0 heterocycles. The van der Waals surface area contributed by atoms with Crippen LogP contribution in [-0.4, -0.2) is 0 Å². The summed E-state index contributed by atoms with van der Waals surface area (Å²) in [5.74, 6) is 0. The van der Waals surface area contributed by atoms with Gasteiger partial charge in [-0.15, -0.1) is 0 Å². The van der Waals surface area contributed by atoms with E-state index in [1.54, 1.807) is 0 Å². The second-order valence-corrected chi connectivity index (χ2v) is 4.07. The summed E-state index contributed by atoms with van der Waals surface area (Å²) < 4.78 is 0. The van der Waals surface area contributed by atoms with Crippen LogP contribution in [0.3, 0.4) is 0 Å². The van der Waals surface area contributed by atoms with Gasteiger partial charge in [0.1, 0.15) is 0 Å². The fraction of sp³-hybridized carbons (Fsp3) is 0.846. The Bertz CT molecular complexity index is 113. The Morgan fingerprint density at radius 1 is 0.846 bits per heavy atom. The van der Waals surface area contributed by atoms with Crippen molar-refractivity contribution < 1.29 is 0 Å². The lowest BCUT2D eigenvalue weighted by Gasteiger charge is -2.01. The van der Waals surface area contributed by atoms with Crippen LogP contribution in [0.5, 0.6) is 0 Å². The highest BCUT2D eigenvalue weighted by Gasteiger charge is 1.91. The van der Waals surface area contributed by atoms with E-state index in [4.69, 9.17) is 6.58 Å². The van der Waals surface area contributed by atoms with Crippen LogP contribution in [-0.2, 0) is 0 Å². The smallest absolute Gasteiger partial charge is 0.0320 e. The average Bonchev–Trinajstić information content (AvgIpc) is 2.09. The summed E-state index contributed by atoms with van der Waals surface area (Å²) in [6.45, 7) is 9.87. The van der Waals surface area contributed by atoms with Crippen molar-refractivity contribution in [1.29, 1.82) is 0 Å². The molecule has 0 aromatic rings. The number of hydrogen-bond acceptors (Lipinski definition) is 0. The highest BCUT2D eigenvalue weighted by atomic mass is 14.0. The van der Waals surface area contributed by atoms with Crippen LogP contribution in [0.25, 0.3) is 0 Å². The molecule has 0 bridgehead atoms. The van der Waals surface area contributed by atoms with E-state index in [0.717, 1.165) is 12.0 Å². The quantitative estimate of drug-likeness (QED) is 0.444. The minimum Gasteiger partial charge on any atom is -0.0733 e. The van der Waals surface area contributed by atoms with Crippen LogP contribution in [0.2, 0.25) is 0 Å². The van der Waals surface area contributed by atoms with Crippen molar-refractivity contribution in [1.82, 2.24) is 0 Å². The lowest BCUT2D eigenvalue weighted by atomic mass is 10.1. The van der Waals surface area contributed by atoms with E-state index >= 15 is 0 Å². The van der Waals surface area contributed by atoms with Crippen LogP contribution in [0.4, 0.5) is 0 Å². The summed E-state index contributed by atoms with van der Waals surface area (Å²) in [4.78, 5) is 0. The molecule has 1 radical (unpaired) electrons. The van der Waals surface area contributed by atoms with Gasteiger partial charge in [-0.1, -0.05) is 64.0 Å². The van der Waals surface area contributed by atoms with Gasteiger partial charge >= 0.3 is 0 Å². The molecule has 0 spiro atoms. The third-order valence-corrected chi connectivity index (χ3v) is 2.42. The van der Waals surface area contributed by atoms with Gasteiger partial charge in [0.05, 0.1) is 0 Å². The molecule has 0 aliphatic heterocycles. The molecule has 77 valence electrons. The van der Waals surface area contributed by atoms with Crippen LogP contribution in [0.1, 0.15) is 71.6 Å². The minimum absolute atomic E-state index is 1.09. The van der Waals surface area contributed by atoms with Crippen molar-refractivity contribution in [3.05, 3.63) is 12.2 Å². The van der Waals surface area contributed by atoms with Gasteiger partial charge in [-0.2, -0.15) is 0 Å². The summed E-state index contributed by atoms with van der Waals surface area (Å²) in [5, 5.41) is 0. The van der Waals surface area contributed by atoms with Gasteiger partial charge in [0.2, 0.25) is 0 Å². The Labute approximate surface area is 84.4 Å². The topological polar surface area (TPSA) is 0 Å². The highest BCUT2D eigenvalue weighted by Crippen LogP contribution is 2.11. The van der Waals surface area contributed by atoms with Crippen molar-refractivity contribution in [2.75, 3.05) is 0 Å². The Morgan fingerprint density at radius 2 is 1.31 bits per heavy atom. The zero-order valence-corrected chi connectivity index (χ0v) is 9.44. The predicted octanol–water partition coefficient (Wildman–Crippen LogP) is 4.90. The first-order valence-corrected chi connectivity index (χ1v) is 5.85. The molecule has 0 amide bonds. The maximum atomic E-state index is 5.59. The van der Waals surface area contributed by atoms with Gasteiger partial charge in [0.15, 0.2) is 0 Å². The molecule has 0 N–H and O–H groups in total. The van der Waals surface area contributed by atoms with Crippen molar-refractivity contribution in [3.8, 4) is 0 Å². The first kappa shape index (κ1) is 12.7. The highest BCUT2D eigenvalue weighted by molar-refractivity contribution is 4.83. The fourth-order valence-corrected chi connectivity index (χ4v) is 1.54. The molecule has 0 aromatic heterocycles. The standard InChI is InChI=1S/C13H25/c1-4-5-6-7-8-9-10-11-12-13(2)3/h2H,4-12H2,1,3H3. The van der Waals surface area contributed by atoms with E-state index < -0.39 is 0 Å². The van der Waals surface area contributed by atoms with Gasteiger partial charge < -0.3 is 0 Å². The predicted molar refractivity (Wildman–Crippen MR) is 60.7 cm³/mol. The molecular formula is C13H25. The number of hydrogen-bond donors (Lipinski definition) is 0. The van der Waals surface area contributed by atoms with Crippen molar-refractivity contribution >= 4 is 0 Å². The van der Waals surface area contributed by atoms with Gasteiger partial charge in [0.25, 0.3) is 0 Å². The molecule has 0 unspecified atom stereocenters. The van der Waals surface area contributed by atoms with E-state index in [-0.39, 0.29) is 0 Å². The van der Waals surface area contributed by atoms with Gasteiger partial charge in [0, 0.05) is 0 Å². The van der Waals surface area contributed by atoms with E-state index in [1.807, 2.05) is 6.92 Å². The lowest BCUT2D eigenvalue weighted by molar-refractivity contribution is 0.575.